The normalized spacial score (nSPS) is 16.6. The van der Waals surface area contributed by atoms with E-state index in [0.717, 1.165) is 23.3 Å². The predicted octanol–water partition coefficient (Wildman–Crippen LogP) is 4.79. The highest BCUT2D eigenvalue weighted by Gasteiger charge is 2.37. The van der Waals surface area contributed by atoms with Crippen LogP contribution in [0.25, 0.3) is 0 Å². The molecule has 1 heterocycles. The van der Waals surface area contributed by atoms with Gasteiger partial charge in [-0.3, -0.25) is 4.79 Å². The summed E-state index contributed by atoms with van der Waals surface area (Å²) >= 11 is 0. The number of allylic oxidation sites excluding steroid dienone is 1. The van der Waals surface area contributed by atoms with Crippen LogP contribution >= 0.6 is 0 Å². The van der Waals surface area contributed by atoms with Gasteiger partial charge in [-0.15, -0.1) is 0 Å². The Morgan fingerprint density at radius 3 is 2.63 bits per heavy atom. The molecule has 156 valence electrons. The lowest BCUT2D eigenvalue weighted by Gasteiger charge is -2.35. The average Bonchev–Trinajstić information content (AvgIpc) is 2.70. The molecule has 0 aromatic heterocycles. The van der Waals surface area contributed by atoms with Gasteiger partial charge in [0.05, 0.1) is 12.1 Å². The van der Waals surface area contributed by atoms with Gasteiger partial charge in [0.1, 0.15) is 18.2 Å². The Morgan fingerprint density at radius 2 is 1.97 bits per heavy atom. The number of nitrogens with zero attached hydrogens (tertiary/aromatic N) is 1. The number of hydrogen-bond donors (Lipinski definition) is 0. The molecule has 1 atom stereocenters. The van der Waals surface area contributed by atoms with Crippen LogP contribution in [0.5, 0.6) is 0 Å². The Balaban J connectivity index is 2.06. The maximum absolute atomic E-state index is 14.2. The van der Waals surface area contributed by atoms with E-state index >= 15 is 0 Å². The fraction of sp³-hybridized carbons (Fsp3) is 0.250. The fourth-order valence-electron chi connectivity index (χ4n) is 3.74. The van der Waals surface area contributed by atoms with Crippen LogP contribution in [0.4, 0.5) is 8.78 Å². The van der Waals surface area contributed by atoms with Crippen LogP contribution in [0.2, 0.25) is 0 Å². The Kier molecular flexibility index (Phi) is 6.45. The van der Waals surface area contributed by atoms with Crippen molar-refractivity contribution in [2.24, 2.45) is 0 Å². The molecular formula is C24H23F2NO3. The lowest BCUT2D eigenvalue weighted by atomic mass is 9.81. The zero-order chi connectivity index (χ0) is 21.8. The van der Waals surface area contributed by atoms with Crippen molar-refractivity contribution in [1.29, 1.82) is 0 Å². The Labute approximate surface area is 174 Å². The second kappa shape index (κ2) is 9.03. The number of rotatable bonds is 6. The summed E-state index contributed by atoms with van der Waals surface area (Å²) in [6.07, 6.45) is 1.51. The minimum Gasteiger partial charge on any atom is -0.458 e. The molecular weight excluding hydrogens is 388 g/mol. The molecule has 0 bridgehead atoms. The molecule has 6 heteroatoms. The van der Waals surface area contributed by atoms with Crippen LogP contribution in [0, 0.1) is 18.6 Å². The van der Waals surface area contributed by atoms with E-state index in [-0.39, 0.29) is 31.0 Å². The largest absolute Gasteiger partial charge is 0.458 e. The maximum Gasteiger partial charge on any atom is 0.336 e. The first-order valence-electron chi connectivity index (χ1n) is 9.62. The third-order valence-corrected chi connectivity index (χ3v) is 5.28. The number of halogens is 2. The van der Waals surface area contributed by atoms with Crippen molar-refractivity contribution in [2.75, 3.05) is 6.61 Å². The van der Waals surface area contributed by atoms with Crippen LogP contribution < -0.4 is 0 Å². The average molecular weight is 411 g/mol. The van der Waals surface area contributed by atoms with Crippen LogP contribution in [-0.4, -0.2) is 23.4 Å². The van der Waals surface area contributed by atoms with Gasteiger partial charge in [0, 0.05) is 29.7 Å². The summed E-state index contributed by atoms with van der Waals surface area (Å²) in [5, 5.41) is 0. The summed E-state index contributed by atoms with van der Waals surface area (Å²) in [6.45, 7) is 7.06. The molecule has 30 heavy (non-hydrogen) atoms. The number of ether oxygens (including phenoxy) is 1. The van der Waals surface area contributed by atoms with Gasteiger partial charge in [0.25, 0.3) is 0 Å². The van der Waals surface area contributed by atoms with Gasteiger partial charge in [-0.25, -0.2) is 13.6 Å². The van der Waals surface area contributed by atoms with E-state index in [2.05, 4.69) is 6.58 Å². The molecule has 0 N–H and O–H groups in total. The van der Waals surface area contributed by atoms with Crippen molar-refractivity contribution < 1.29 is 23.1 Å². The molecule has 0 saturated heterocycles. The zero-order valence-corrected chi connectivity index (χ0v) is 17.0. The number of esters is 1. The first kappa shape index (κ1) is 21.4. The highest BCUT2D eigenvalue weighted by Crippen LogP contribution is 2.39. The van der Waals surface area contributed by atoms with Gasteiger partial charge in [-0.1, -0.05) is 43.0 Å². The molecule has 1 aliphatic heterocycles. The van der Waals surface area contributed by atoms with Gasteiger partial charge in [-0.05, 0) is 31.0 Å². The summed E-state index contributed by atoms with van der Waals surface area (Å²) in [5.74, 6) is -2.69. The minimum atomic E-state index is -0.743. The van der Waals surface area contributed by atoms with Crippen LogP contribution in [0.3, 0.4) is 0 Å². The lowest BCUT2D eigenvalue weighted by Crippen LogP contribution is -2.38. The standard InChI is InChI=1S/C24H23F2NO3/c1-4-11-30-24(29)23-16(3)27(14-17-9-10-18(25)12-21(17)26)22(28)13-20(23)19-8-6-5-7-15(19)2/h4-10,12,20H,1,11,13-14H2,2-3H3/t20-/m1/s1. The van der Waals surface area contributed by atoms with Gasteiger partial charge >= 0.3 is 5.97 Å². The summed E-state index contributed by atoms with van der Waals surface area (Å²) < 4.78 is 32.7. The second-order valence-corrected chi connectivity index (χ2v) is 7.22. The van der Waals surface area contributed by atoms with Crippen LogP contribution in [-0.2, 0) is 20.9 Å². The molecule has 0 radical (unpaired) electrons. The van der Waals surface area contributed by atoms with E-state index in [1.807, 2.05) is 31.2 Å². The minimum absolute atomic E-state index is 0.0383. The molecule has 0 saturated carbocycles. The Hall–Kier alpha value is -3.28. The summed E-state index contributed by atoms with van der Waals surface area (Å²) in [5.41, 5.74) is 2.74. The lowest BCUT2D eigenvalue weighted by molar-refractivity contribution is -0.139. The summed E-state index contributed by atoms with van der Waals surface area (Å²) in [7, 11) is 0. The molecule has 0 fully saturated rings. The van der Waals surface area contributed by atoms with Gasteiger partial charge in [0.15, 0.2) is 0 Å². The first-order chi connectivity index (χ1) is 14.3. The molecule has 0 spiro atoms. The smallest absolute Gasteiger partial charge is 0.336 e. The molecule has 1 aliphatic rings. The quantitative estimate of drug-likeness (QED) is 0.507. The summed E-state index contributed by atoms with van der Waals surface area (Å²) in [4.78, 5) is 27.2. The number of carbonyl (C=O) groups excluding carboxylic acids is 2. The third-order valence-electron chi connectivity index (χ3n) is 5.28. The number of amides is 1. The van der Waals surface area contributed by atoms with Crippen molar-refractivity contribution in [3.05, 3.63) is 94.7 Å². The number of carbonyl (C=O) groups is 2. The van der Waals surface area contributed by atoms with Crippen molar-refractivity contribution in [3.63, 3.8) is 0 Å². The van der Waals surface area contributed by atoms with Crippen molar-refractivity contribution in [2.45, 2.75) is 32.7 Å². The SMILES string of the molecule is C=CCOC(=O)C1=C(C)N(Cc2ccc(F)cc2F)C(=O)C[C@@H]1c1ccccc1C. The molecule has 0 unspecified atom stereocenters. The van der Waals surface area contributed by atoms with Crippen molar-refractivity contribution in [1.82, 2.24) is 4.90 Å². The van der Waals surface area contributed by atoms with E-state index < -0.39 is 23.5 Å². The molecule has 1 amide bonds. The van der Waals surface area contributed by atoms with Crippen LogP contribution in [0.1, 0.15) is 36.0 Å². The highest BCUT2D eigenvalue weighted by atomic mass is 19.1. The zero-order valence-electron chi connectivity index (χ0n) is 17.0. The topological polar surface area (TPSA) is 46.6 Å². The number of aryl methyl sites for hydroxylation is 1. The second-order valence-electron chi connectivity index (χ2n) is 7.22. The highest BCUT2D eigenvalue weighted by molar-refractivity contribution is 5.96. The van der Waals surface area contributed by atoms with Crippen molar-refractivity contribution in [3.8, 4) is 0 Å². The molecule has 0 aliphatic carbocycles. The Morgan fingerprint density at radius 1 is 1.23 bits per heavy atom. The third kappa shape index (κ3) is 4.32. The maximum atomic E-state index is 14.2. The van der Waals surface area contributed by atoms with E-state index in [4.69, 9.17) is 4.74 Å². The van der Waals surface area contributed by atoms with E-state index in [0.29, 0.717) is 11.3 Å². The van der Waals surface area contributed by atoms with Gasteiger partial charge in [-0.2, -0.15) is 0 Å². The predicted molar refractivity (Wildman–Crippen MR) is 109 cm³/mol. The van der Waals surface area contributed by atoms with E-state index in [1.54, 1.807) is 6.92 Å². The van der Waals surface area contributed by atoms with Crippen molar-refractivity contribution >= 4 is 11.9 Å². The molecule has 2 aromatic rings. The van der Waals surface area contributed by atoms with Crippen LogP contribution in [0.15, 0.2) is 66.4 Å². The molecule has 3 rings (SSSR count). The fourth-order valence-corrected chi connectivity index (χ4v) is 3.74. The first-order valence-corrected chi connectivity index (χ1v) is 9.62. The number of hydrogen-bond acceptors (Lipinski definition) is 3. The molecule has 2 aromatic carbocycles. The Bertz CT molecular complexity index is 1030. The summed E-state index contributed by atoms with van der Waals surface area (Å²) in [6, 6.07) is 10.8. The van der Waals surface area contributed by atoms with Gasteiger partial charge in [0.2, 0.25) is 5.91 Å². The molecule has 4 nitrogen and oxygen atoms in total. The van der Waals surface area contributed by atoms with Gasteiger partial charge < -0.3 is 9.64 Å². The monoisotopic (exact) mass is 411 g/mol. The number of benzene rings is 2. The van der Waals surface area contributed by atoms with E-state index in [1.165, 1.54) is 17.0 Å². The van der Waals surface area contributed by atoms with E-state index in [9.17, 15) is 18.4 Å².